The zero-order chi connectivity index (χ0) is 21.3. The van der Waals surface area contributed by atoms with Gasteiger partial charge in [-0.15, -0.1) is 12.4 Å². The van der Waals surface area contributed by atoms with E-state index in [0.717, 1.165) is 54.3 Å². The zero-order valence-corrected chi connectivity index (χ0v) is 18.9. The number of hydrogen-bond acceptors (Lipinski definition) is 5. The number of likely N-dealkylation sites (tertiary alicyclic amines) is 1. The van der Waals surface area contributed by atoms with Crippen LogP contribution in [0.2, 0.25) is 5.02 Å². The number of β-amino-alcohol motifs (C(OH)–C–C–N with tert-alkyl or cyclic N) is 1. The Balaban J connectivity index is 0.00000272. The number of carbonyl (C=O) groups is 1. The topological polar surface area (TPSA) is 79.2 Å². The highest BCUT2D eigenvalue weighted by atomic mass is 35.5. The molecule has 0 unspecified atom stereocenters. The third kappa shape index (κ3) is 5.44. The van der Waals surface area contributed by atoms with Gasteiger partial charge in [0.1, 0.15) is 35.4 Å². The van der Waals surface area contributed by atoms with E-state index in [1.807, 2.05) is 25.1 Å². The van der Waals surface area contributed by atoms with Crippen LogP contribution in [0.3, 0.4) is 0 Å². The van der Waals surface area contributed by atoms with Crippen LogP contribution in [0.15, 0.2) is 36.4 Å². The molecule has 0 aliphatic carbocycles. The number of carboxylic acid groups (broad SMARTS) is 1. The Bertz CT molecular complexity index is 944. The molecule has 1 spiro atoms. The molecule has 2 heterocycles. The molecule has 2 aromatic carbocycles. The van der Waals surface area contributed by atoms with Crippen molar-refractivity contribution in [1.29, 1.82) is 0 Å². The quantitative estimate of drug-likeness (QED) is 0.668. The van der Waals surface area contributed by atoms with Crippen molar-refractivity contribution in [2.75, 3.05) is 26.2 Å². The monoisotopic (exact) mass is 467 g/mol. The molecule has 6 nitrogen and oxygen atoms in total. The highest BCUT2D eigenvalue weighted by Gasteiger charge is 2.42. The third-order valence-corrected chi connectivity index (χ3v) is 6.13. The predicted octanol–water partition coefficient (Wildman–Crippen LogP) is 3.98. The second-order valence-corrected chi connectivity index (χ2v) is 8.72. The molecule has 0 saturated carbocycles. The van der Waals surface area contributed by atoms with Gasteiger partial charge >= 0.3 is 5.97 Å². The zero-order valence-electron chi connectivity index (χ0n) is 17.3. The normalized spacial score (nSPS) is 18.0. The molecule has 2 N–H and O–H groups in total. The highest BCUT2D eigenvalue weighted by molar-refractivity contribution is 6.30. The van der Waals surface area contributed by atoms with Gasteiger partial charge in [-0.25, -0.2) is 4.79 Å². The smallest absolute Gasteiger partial charge is 0.339 e. The van der Waals surface area contributed by atoms with Crippen molar-refractivity contribution >= 4 is 30.0 Å². The van der Waals surface area contributed by atoms with Gasteiger partial charge in [-0.2, -0.15) is 0 Å². The van der Waals surface area contributed by atoms with Gasteiger partial charge in [0.05, 0.1) is 0 Å². The van der Waals surface area contributed by atoms with E-state index in [0.29, 0.717) is 6.54 Å². The number of fused-ring (bicyclic) bond motifs is 1. The first kappa shape index (κ1) is 23.7. The molecule has 0 aromatic heterocycles. The van der Waals surface area contributed by atoms with Crippen molar-refractivity contribution in [3.8, 4) is 11.5 Å². The summed E-state index contributed by atoms with van der Waals surface area (Å²) in [6, 6.07) is 10.7. The van der Waals surface area contributed by atoms with Crippen LogP contribution in [-0.4, -0.2) is 59.0 Å². The molecule has 8 heteroatoms. The number of nitrogens with zero attached hydrogens (tertiary/aromatic N) is 1. The Hall–Kier alpha value is -1.99. The average molecular weight is 468 g/mol. The van der Waals surface area contributed by atoms with E-state index in [9.17, 15) is 15.0 Å². The molecule has 2 aliphatic rings. The Kier molecular flexibility index (Phi) is 7.37. The number of piperidine rings is 1. The fraction of sp³-hybridized carbons (Fsp3) is 0.435. The number of aliphatic hydroxyl groups is 1. The Morgan fingerprint density at radius 3 is 2.71 bits per heavy atom. The van der Waals surface area contributed by atoms with E-state index in [4.69, 9.17) is 21.1 Å². The van der Waals surface area contributed by atoms with Crippen LogP contribution in [0.1, 0.15) is 34.3 Å². The summed E-state index contributed by atoms with van der Waals surface area (Å²) in [6.45, 7) is 4.04. The van der Waals surface area contributed by atoms with Crippen molar-refractivity contribution in [3.05, 3.63) is 58.1 Å². The number of carboxylic acids is 1. The maximum atomic E-state index is 11.3. The maximum absolute atomic E-state index is 11.3. The molecule has 168 valence electrons. The van der Waals surface area contributed by atoms with Crippen molar-refractivity contribution in [2.24, 2.45) is 0 Å². The molecule has 4 rings (SSSR count). The van der Waals surface area contributed by atoms with Gasteiger partial charge in [-0.05, 0) is 48.4 Å². The van der Waals surface area contributed by atoms with Crippen LogP contribution in [0, 0.1) is 6.92 Å². The number of aliphatic hydroxyl groups excluding tert-OH is 1. The molecule has 2 aliphatic heterocycles. The van der Waals surface area contributed by atoms with Crippen LogP contribution in [0.25, 0.3) is 0 Å². The summed E-state index contributed by atoms with van der Waals surface area (Å²) in [6.07, 6.45) is 1.93. The standard InChI is InChI=1S/C23H26ClNO5.ClH/c1-15-2-4-19(22(27)28)21(10-15)29-14-18(26)13-25-8-6-23(7-9-25)12-16-11-17(24)3-5-20(16)30-23;/h2-5,10-11,18,26H,6-9,12-14H2,1H3,(H,27,28);1H/t18-;/m0./s1. The maximum Gasteiger partial charge on any atom is 0.339 e. The van der Waals surface area contributed by atoms with Gasteiger partial charge in [-0.1, -0.05) is 17.7 Å². The SMILES string of the molecule is Cc1ccc(C(=O)O)c(OC[C@@H](O)CN2CCC3(CC2)Cc2cc(Cl)ccc2O3)c1.Cl. The highest BCUT2D eigenvalue weighted by Crippen LogP contribution is 2.41. The van der Waals surface area contributed by atoms with E-state index in [1.54, 1.807) is 12.1 Å². The second-order valence-electron chi connectivity index (χ2n) is 8.28. The number of benzene rings is 2. The Morgan fingerprint density at radius 2 is 2.00 bits per heavy atom. The van der Waals surface area contributed by atoms with Gasteiger partial charge in [0.25, 0.3) is 0 Å². The van der Waals surface area contributed by atoms with E-state index < -0.39 is 12.1 Å². The van der Waals surface area contributed by atoms with Crippen LogP contribution >= 0.6 is 24.0 Å². The predicted molar refractivity (Wildman–Crippen MR) is 121 cm³/mol. The number of halogens is 2. The molecule has 1 saturated heterocycles. The minimum atomic E-state index is -1.04. The van der Waals surface area contributed by atoms with E-state index in [1.165, 1.54) is 6.07 Å². The summed E-state index contributed by atoms with van der Waals surface area (Å²) >= 11 is 6.10. The van der Waals surface area contributed by atoms with E-state index >= 15 is 0 Å². The fourth-order valence-corrected chi connectivity index (χ4v) is 4.48. The summed E-state index contributed by atoms with van der Waals surface area (Å²) in [5.41, 5.74) is 2.00. The number of aryl methyl sites for hydroxylation is 1. The molecule has 0 bridgehead atoms. The van der Waals surface area contributed by atoms with Crippen molar-refractivity contribution in [2.45, 2.75) is 37.9 Å². The molecule has 1 fully saturated rings. The number of aromatic carboxylic acids is 1. The lowest BCUT2D eigenvalue weighted by Crippen LogP contribution is -2.49. The van der Waals surface area contributed by atoms with Gasteiger partial charge in [0, 0.05) is 43.9 Å². The molecule has 31 heavy (non-hydrogen) atoms. The molecule has 0 amide bonds. The second kappa shape index (κ2) is 9.65. The number of ether oxygens (including phenoxy) is 2. The van der Waals surface area contributed by atoms with Crippen LogP contribution in [0.4, 0.5) is 0 Å². The molecule has 0 radical (unpaired) electrons. The Labute approximate surface area is 193 Å². The lowest BCUT2D eigenvalue weighted by Gasteiger charge is -2.39. The number of rotatable bonds is 6. The third-order valence-electron chi connectivity index (χ3n) is 5.90. The van der Waals surface area contributed by atoms with Crippen molar-refractivity contribution in [3.63, 3.8) is 0 Å². The molecule has 2 aromatic rings. The summed E-state index contributed by atoms with van der Waals surface area (Å²) in [5.74, 6) is 0.170. The summed E-state index contributed by atoms with van der Waals surface area (Å²) in [5, 5.41) is 20.5. The summed E-state index contributed by atoms with van der Waals surface area (Å²) in [7, 11) is 0. The first-order valence-electron chi connectivity index (χ1n) is 10.2. The summed E-state index contributed by atoms with van der Waals surface area (Å²) in [4.78, 5) is 13.5. The van der Waals surface area contributed by atoms with Crippen molar-refractivity contribution in [1.82, 2.24) is 4.90 Å². The number of hydrogen-bond donors (Lipinski definition) is 2. The molecular weight excluding hydrogens is 441 g/mol. The van der Waals surface area contributed by atoms with Crippen molar-refractivity contribution < 1.29 is 24.5 Å². The summed E-state index contributed by atoms with van der Waals surface area (Å²) < 4.78 is 11.9. The fourth-order valence-electron chi connectivity index (χ4n) is 4.29. The van der Waals surface area contributed by atoms with E-state index in [2.05, 4.69) is 4.90 Å². The van der Waals surface area contributed by atoms with Crippen LogP contribution < -0.4 is 9.47 Å². The molecular formula is C23H27Cl2NO5. The Morgan fingerprint density at radius 1 is 1.26 bits per heavy atom. The largest absolute Gasteiger partial charge is 0.490 e. The lowest BCUT2D eigenvalue weighted by atomic mass is 9.87. The lowest BCUT2D eigenvalue weighted by molar-refractivity contribution is -0.00203. The van der Waals surface area contributed by atoms with Crippen LogP contribution in [0.5, 0.6) is 11.5 Å². The minimum Gasteiger partial charge on any atom is -0.490 e. The van der Waals surface area contributed by atoms with Gasteiger partial charge in [0.15, 0.2) is 0 Å². The van der Waals surface area contributed by atoms with Gasteiger partial charge in [0.2, 0.25) is 0 Å². The van der Waals surface area contributed by atoms with Crippen LogP contribution in [-0.2, 0) is 6.42 Å². The van der Waals surface area contributed by atoms with Gasteiger partial charge in [-0.3, -0.25) is 0 Å². The van der Waals surface area contributed by atoms with Gasteiger partial charge < -0.3 is 24.6 Å². The average Bonchev–Trinajstić information content (AvgIpc) is 3.05. The first-order valence-corrected chi connectivity index (χ1v) is 10.6. The molecule has 1 atom stereocenters. The first-order chi connectivity index (χ1) is 14.3. The minimum absolute atomic E-state index is 0. The van der Waals surface area contributed by atoms with E-state index in [-0.39, 0.29) is 35.9 Å².